The highest BCUT2D eigenvalue weighted by Crippen LogP contribution is 2.39. The molecule has 3 atom stereocenters. The Morgan fingerprint density at radius 2 is 2.07 bits per heavy atom. The largest absolute Gasteiger partial charge is 0.165 e. The minimum Gasteiger partial charge on any atom is -0.165 e. The second-order valence-corrected chi connectivity index (χ2v) is 7.04. The van der Waals surface area contributed by atoms with Crippen LogP contribution in [0.4, 0.5) is 0 Å². The van der Waals surface area contributed by atoms with Crippen LogP contribution in [0, 0.1) is 17.8 Å². The van der Waals surface area contributed by atoms with Crippen molar-refractivity contribution in [2.24, 2.45) is 17.8 Å². The quantitative estimate of drug-likeness (QED) is 0.679. The maximum atomic E-state index is 3.85. The Hall–Kier alpha value is 0.830. The molecule has 0 N–H and O–H groups in total. The molecule has 0 bridgehead atoms. The van der Waals surface area contributed by atoms with E-state index < -0.39 is 0 Å². The predicted molar refractivity (Wildman–Crippen MR) is 71.4 cm³/mol. The molecule has 0 radical (unpaired) electrons. The zero-order valence-electron chi connectivity index (χ0n) is 9.63. The van der Waals surface area contributed by atoms with E-state index in [4.69, 9.17) is 0 Å². The lowest BCUT2D eigenvalue weighted by molar-refractivity contribution is 0.220. The molecule has 3 unspecified atom stereocenters. The van der Waals surface area contributed by atoms with E-state index >= 15 is 0 Å². The summed E-state index contributed by atoms with van der Waals surface area (Å²) in [6.45, 7) is 4.76. The molecular formula is C12H23BrS. The van der Waals surface area contributed by atoms with Gasteiger partial charge >= 0.3 is 0 Å². The van der Waals surface area contributed by atoms with Crippen LogP contribution in [0.3, 0.4) is 0 Å². The van der Waals surface area contributed by atoms with Crippen molar-refractivity contribution >= 4 is 27.7 Å². The van der Waals surface area contributed by atoms with Gasteiger partial charge in [-0.1, -0.05) is 29.8 Å². The molecule has 0 aromatic carbocycles. The van der Waals surface area contributed by atoms with Gasteiger partial charge in [-0.2, -0.15) is 11.8 Å². The molecule has 0 nitrogen and oxygen atoms in total. The summed E-state index contributed by atoms with van der Waals surface area (Å²) < 4.78 is 0. The Labute approximate surface area is 102 Å². The average Bonchev–Trinajstić information content (AvgIpc) is 2.16. The minimum atomic E-state index is 0.796. The van der Waals surface area contributed by atoms with Gasteiger partial charge in [0.1, 0.15) is 0 Å². The standard InChI is InChI=1S/C12H23BrS/c1-9(2)10-4-5-12(13)11(8-10)6-7-14-3/h9-12H,4-8H2,1-3H3. The van der Waals surface area contributed by atoms with Crippen LogP contribution in [-0.4, -0.2) is 16.8 Å². The summed E-state index contributed by atoms with van der Waals surface area (Å²) in [5, 5.41) is 0. The van der Waals surface area contributed by atoms with Crippen molar-refractivity contribution in [1.82, 2.24) is 0 Å². The highest BCUT2D eigenvalue weighted by atomic mass is 79.9. The van der Waals surface area contributed by atoms with E-state index in [2.05, 4.69) is 36.0 Å². The molecule has 0 heterocycles. The third-order valence-electron chi connectivity index (χ3n) is 3.57. The zero-order chi connectivity index (χ0) is 10.6. The molecule has 1 saturated carbocycles. The van der Waals surface area contributed by atoms with Gasteiger partial charge in [0.05, 0.1) is 0 Å². The molecule has 1 fully saturated rings. The summed E-state index contributed by atoms with van der Waals surface area (Å²) in [7, 11) is 0. The first kappa shape index (κ1) is 12.9. The van der Waals surface area contributed by atoms with Crippen LogP contribution < -0.4 is 0 Å². The fourth-order valence-electron chi connectivity index (χ4n) is 2.44. The molecule has 84 valence electrons. The monoisotopic (exact) mass is 278 g/mol. The number of thioether (sulfide) groups is 1. The van der Waals surface area contributed by atoms with Gasteiger partial charge in [0.25, 0.3) is 0 Å². The van der Waals surface area contributed by atoms with Crippen LogP contribution in [-0.2, 0) is 0 Å². The summed E-state index contributed by atoms with van der Waals surface area (Å²) in [5.74, 6) is 4.13. The lowest BCUT2D eigenvalue weighted by Gasteiger charge is -2.35. The molecule has 0 aromatic heterocycles. The van der Waals surface area contributed by atoms with E-state index in [9.17, 15) is 0 Å². The van der Waals surface area contributed by atoms with Crippen LogP contribution in [0.5, 0.6) is 0 Å². The highest BCUT2D eigenvalue weighted by molar-refractivity contribution is 9.09. The number of alkyl halides is 1. The predicted octanol–water partition coefficient (Wildman–Crippen LogP) is 4.58. The number of hydrogen-bond donors (Lipinski definition) is 0. The van der Waals surface area contributed by atoms with Crippen LogP contribution in [0.1, 0.15) is 39.5 Å². The van der Waals surface area contributed by atoms with Crippen molar-refractivity contribution in [2.45, 2.75) is 44.4 Å². The molecule has 1 aliphatic carbocycles. The first-order valence-corrected chi connectivity index (χ1v) is 8.09. The maximum Gasteiger partial charge on any atom is 0.0174 e. The lowest BCUT2D eigenvalue weighted by Crippen LogP contribution is -2.28. The summed E-state index contributed by atoms with van der Waals surface area (Å²) in [4.78, 5) is 0.796. The summed E-state index contributed by atoms with van der Waals surface area (Å²) in [5.41, 5.74) is 0. The van der Waals surface area contributed by atoms with Crippen molar-refractivity contribution in [1.29, 1.82) is 0 Å². The molecule has 1 aliphatic rings. The normalized spacial score (nSPS) is 33.6. The number of rotatable bonds is 4. The van der Waals surface area contributed by atoms with E-state index in [1.807, 2.05) is 11.8 Å². The lowest BCUT2D eigenvalue weighted by atomic mass is 9.75. The van der Waals surface area contributed by atoms with Crippen molar-refractivity contribution in [2.75, 3.05) is 12.0 Å². The van der Waals surface area contributed by atoms with Gasteiger partial charge in [0.15, 0.2) is 0 Å². The van der Waals surface area contributed by atoms with Crippen molar-refractivity contribution in [3.05, 3.63) is 0 Å². The third kappa shape index (κ3) is 3.77. The van der Waals surface area contributed by atoms with E-state index in [-0.39, 0.29) is 0 Å². The molecule has 14 heavy (non-hydrogen) atoms. The van der Waals surface area contributed by atoms with Crippen LogP contribution in [0.2, 0.25) is 0 Å². The van der Waals surface area contributed by atoms with Gasteiger partial charge in [-0.3, -0.25) is 0 Å². The Balaban J connectivity index is 2.38. The van der Waals surface area contributed by atoms with Crippen molar-refractivity contribution in [3.63, 3.8) is 0 Å². The van der Waals surface area contributed by atoms with Gasteiger partial charge < -0.3 is 0 Å². The Kier molecular flexibility index (Phi) is 5.91. The first-order valence-electron chi connectivity index (χ1n) is 5.78. The smallest absolute Gasteiger partial charge is 0.0174 e. The van der Waals surface area contributed by atoms with Gasteiger partial charge in [-0.15, -0.1) is 0 Å². The van der Waals surface area contributed by atoms with Crippen molar-refractivity contribution < 1.29 is 0 Å². The summed E-state index contributed by atoms with van der Waals surface area (Å²) in [6.07, 6.45) is 7.89. The van der Waals surface area contributed by atoms with E-state index in [1.54, 1.807) is 0 Å². The number of halogens is 1. The maximum absolute atomic E-state index is 3.85. The van der Waals surface area contributed by atoms with E-state index in [1.165, 1.54) is 31.4 Å². The second-order valence-electron chi connectivity index (χ2n) is 4.87. The molecular weight excluding hydrogens is 256 g/mol. The van der Waals surface area contributed by atoms with Gasteiger partial charge in [-0.05, 0) is 55.4 Å². The van der Waals surface area contributed by atoms with E-state index in [0.29, 0.717) is 0 Å². The summed E-state index contributed by atoms with van der Waals surface area (Å²) >= 11 is 5.84. The Morgan fingerprint density at radius 1 is 1.36 bits per heavy atom. The van der Waals surface area contributed by atoms with Crippen molar-refractivity contribution in [3.8, 4) is 0 Å². The summed E-state index contributed by atoms with van der Waals surface area (Å²) in [6, 6.07) is 0. The zero-order valence-corrected chi connectivity index (χ0v) is 12.0. The van der Waals surface area contributed by atoms with Gasteiger partial charge in [0.2, 0.25) is 0 Å². The molecule has 0 aromatic rings. The van der Waals surface area contributed by atoms with Crippen LogP contribution in [0.15, 0.2) is 0 Å². The Morgan fingerprint density at radius 3 is 2.64 bits per heavy atom. The first-order chi connectivity index (χ1) is 6.65. The fourth-order valence-corrected chi connectivity index (χ4v) is 3.72. The molecule has 0 spiro atoms. The minimum absolute atomic E-state index is 0.796. The second kappa shape index (κ2) is 6.42. The fraction of sp³-hybridized carbons (Fsp3) is 1.00. The third-order valence-corrected chi connectivity index (χ3v) is 5.42. The Bertz CT molecular complexity index is 158. The average molecular weight is 279 g/mol. The van der Waals surface area contributed by atoms with Crippen LogP contribution >= 0.6 is 27.7 Å². The van der Waals surface area contributed by atoms with Crippen LogP contribution in [0.25, 0.3) is 0 Å². The SMILES string of the molecule is CSCCC1CC(C(C)C)CCC1Br. The highest BCUT2D eigenvalue weighted by Gasteiger charge is 2.29. The molecule has 1 rings (SSSR count). The van der Waals surface area contributed by atoms with E-state index in [0.717, 1.165) is 22.6 Å². The molecule has 0 aliphatic heterocycles. The molecule has 0 saturated heterocycles. The number of hydrogen-bond acceptors (Lipinski definition) is 1. The topological polar surface area (TPSA) is 0 Å². The molecule has 0 amide bonds. The van der Waals surface area contributed by atoms with Gasteiger partial charge in [-0.25, -0.2) is 0 Å². The molecule has 2 heteroatoms. The van der Waals surface area contributed by atoms with Gasteiger partial charge in [0, 0.05) is 4.83 Å².